The van der Waals surface area contributed by atoms with Crippen LogP contribution in [0.2, 0.25) is 10.0 Å². The third kappa shape index (κ3) is 13.7. The molecule has 18 heteroatoms. The topological polar surface area (TPSA) is 172 Å². The van der Waals surface area contributed by atoms with Crippen LogP contribution in [0.1, 0.15) is 46.5 Å². The zero-order valence-electron chi connectivity index (χ0n) is 27.0. The van der Waals surface area contributed by atoms with E-state index >= 15 is 0 Å². The molecule has 1 aliphatic rings. The fourth-order valence-corrected chi connectivity index (χ4v) is 6.66. The van der Waals surface area contributed by atoms with E-state index in [9.17, 15) is 26.4 Å². The van der Waals surface area contributed by atoms with Crippen molar-refractivity contribution < 1.29 is 41.0 Å². The van der Waals surface area contributed by atoms with E-state index in [1.165, 1.54) is 18.2 Å². The van der Waals surface area contributed by atoms with Gasteiger partial charge in [0.1, 0.15) is 11.4 Å². The number of hydrogen-bond donors (Lipinski definition) is 5. The molecule has 2 aromatic carbocycles. The lowest BCUT2D eigenvalue weighted by molar-refractivity contribution is -0.192. The van der Waals surface area contributed by atoms with Gasteiger partial charge in [-0.2, -0.15) is 18.2 Å². The zero-order valence-corrected chi connectivity index (χ0v) is 29.4. The van der Waals surface area contributed by atoms with Gasteiger partial charge in [0, 0.05) is 41.6 Å². The number of rotatable bonds is 11. The van der Waals surface area contributed by atoms with Gasteiger partial charge in [0.25, 0.3) is 0 Å². The monoisotopic (exact) mass is 750 g/mol. The van der Waals surface area contributed by atoms with Crippen LogP contribution in [0.5, 0.6) is 0 Å². The van der Waals surface area contributed by atoms with Crippen LogP contribution in [-0.2, 0) is 19.6 Å². The molecular formula is C31H39Cl2F3N6O6S. The molecule has 1 aliphatic carbocycles. The number of benzene rings is 2. The highest BCUT2D eigenvalue weighted by atomic mass is 35.5. The quantitative estimate of drug-likeness (QED) is 0.133. The summed E-state index contributed by atoms with van der Waals surface area (Å²) in [6.07, 6.45) is -1.77. The second-order valence-electron chi connectivity index (χ2n) is 12.3. The first-order valence-electron chi connectivity index (χ1n) is 15.3. The summed E-state index contributed by atoms with van der Waals surface area (Å²) in [6.45, 7) is 7.41. The second-order valence-corrected chi connectivity index (χ2v) is 14.9. The van der Waals surface area contributed by atoms with Gasteiger partial charge in [-0.25, -0.2) is 27.7 Å². The average molecular weight is 752 g/mol. The minimum Gasteiger partial charge on any atom is -0.475 e. The Kier molecular flexibility index (Phi) is 14.1. The summed E-state index contributed by atoms with van der Waals surface area (Å²) in [5.41, 5.74) is 0.263. The van der Waals surface area contributed by atoms with E-state index in [1.807, 2.05) is 45.0 Å². The number of anilines is 2. The van der Waals surface area contributed by atoms with E-state index in [0.717, 1.165) is 43.1 Å². The van der Waals surface area contributed by atoms with Crippen LogP contribution in [0.4, 0.5) is 29.7 Å². The zero-order chi connectivity index (χ0) is 36.4. The third-order valence-corrected chi connectivity index (χ3v) is 8.99. The normalized spacial score (nSPS) is 16.7. The third-order valence-electron chi connectivity index (χ3n) is 7.15. The molecule has 4 rings (SSSR count). The number of hydrogen-bond acceptors (Lipinski definition) is 9. The first-order valence-corrected chi connectivity index (χ1v) is 17.5. The number of nitrogens with one attached hydrogen (secondary N) is 4. The summed E-state index contributed by atoms with van der Waals surface area (Å²) in [5, 5.41) is 18.0. The number of aliphatic carboxylic acids is 1. The van der Waals surface area contributed by atoms with Gasteiger partial charge >= 0.3 is 18.2 Å². The number of carboxylic acids is 1. The van der Waals surface area contributed by atoms with Gasteiger partial charge in [0.15, 0.2) is 0 Å². The molecular weight excluding hydrogens is 712 g/mol. The molecule has 0 atom stereocenters. The lowest BCUT2D eigenvalue weighted by Gasteiger charge is -2.28. The number of carbonyl (C=O) groups excluding carboxylic acids is 1. The summed E-state index contributed by atoms with van der Waals surface area (Å²) in [5.74, 6) is -0.855. The molecule has 0 bridgehead atoms. The van der Waals surface area contributed by atoms with Gasteiger partial charge in [0.05, 0.1) is 10.4 Å². The molecule has 0 aliphatic heterocycles. The van der Waals surface area contributed by atoms with E-state index in [1.54, 1.807) is 0 Å². The number of alkyl carbamates (subject to hydrolysis) is 1. The molecule has 12 nitrogen and oxygen atoms in total. The Morgan fingerprint density at radius 2 is 1.49 bits per heavy atom. The number of amides is 1. The number of fused-ring (bicyclic) bond motifs is 1. The summed E-state index contributed by atoms with van der Waals surface area (Å²) >= 11 is 12.0. The lowest BCUT2D eigenvalue weighted by atomic mass is 9.82. The molecule has 270 valence electrons. The van der Waals surface area contributed by atoms with Gasteiger partial charge in [-0.15, -0.1) is 0 Å². The predicted molar refractivity (Wildman–Crippen MR) is 182 cm³/mol. The van der Waals surface area contributed by atoms with Crippen LogP contribution in [-0.4, -0.2) is 73.5 Å². The first kappa shape index (κ1) is 39.8. The van der Waals surface area contributed by atoms with E-state index in [4.69, 9.17) is 42.8 Å². The van der Waals surface area contributed by atoms with E-state index in [-0.39, 0.29) is 20.9 Å². The Hall–Kier alpha value is -3.60. The number of aromatic nitrogens is 2. The van der Waals surface area contributed by atoms with Crippen LogP contribution in [0.25, 0.3) is 10.9 Å². The Labute approximate surface area is 292 Å². The van der Waals surface area contributed by atoms with Crippen molar-refractivity contribution >= 4 is 68.0 Å². The predicted octanol–water partition coefficient (Wildman–Crippen LogP) is 6.70. The number of halogens is 5. The van der Waals surface area contributed by atoms with Crippen LogP contribution < -0.4 is 20.7 Å². The van der Waals surface area contributed by atoms with Gasteiger partial charge in [-0.3, -0.25) is 0 Å². The molecule has 0 unspecified atom stereocenters. The molecule has 1 amide bonds. The van der Waals surface area contributed by atoms with E-state index in [0.29, 0.717) is 37.3 Å². The largest absolute Gasteiger partial charge is 0.490 e. The molecule has 0 radical (unpaired) electrons. The summed E-state index contributed by atoms with van der Waals surface area (Å²) in [4.78, 5) is 30.3. The molecule has 0 spiro atoms. The SMILES string of the molecule is CC(C)(C)OC(=O)NCCNc1nc(NCC2CCC(CNS(=O)(=O)c3cc(Cl)cc(Cl)c3)CC2)nc2ccccc12.O=C(O)C(F)(F)F. The van der Waals surface area contributed by atoms with Crippen molar-refractivity contribution in [2.24, 2.45) is 11.8 Å². The number of carboxylic acid groups (broad SMARTS) is 1. The van der Waals surface area contributed by atoms with Crippen molar-refractivity contribution in [2.75, 3.05) is 36.8 Å². The molecule has 5 N–H and O–H groups in total. The van der Waals surface area contributed by atoms with Crippen molar-refractivity contribution in [1.82, 2.24) is 20.0 Å². The van der Waals surface area contributed by atoms with Gasteiger partial charge in [0.2, 0.25) is 16.0 Å². The van der Waals surface area contributed by atoms with Crippen molar-refractivity contribution in [2.45, 2.75) is 63.1 Å². The molecule has 1 fully saturated rings. The van der Waals surface area contributed by atoms with Crippen molar-refractivity contribution in [3.05, 3.63) is 52.5 Å². The molecule has 1 saturated carbocycles. The van der Waals surface area contributed by atoms with Crippen molar-refractivity contribution in [3.63, 3.8) is 0 Å². The number of alkyl halides is 3. The van der Waals surface area contributed by atoms with Crippen LogP contribution in [0.3, 0.4) is 0 Å². The number of para-hydroxylation sites is 1. The lowest BCUT2D eigenvalue weighted by Crippen LogP contribution is -2.35. The maximum atomic E-state index is 12.7. The van der Waals surface area contributed by atoms with Gasteiger partial charge < -0.3 is 25.8 Å². The molecule has 1 aromatic heterocycles. The maximum absolute atomic E-state index is 12.7. The van der Waals surface area contributed by atoms with Gasteiger partial charge in [-0.1, -0.05) is 35.3 Å². The number of sulfonamides is 1. The highest BCUT2D eigenvalue weighted by molar-refractivity contribution is 7.89. The number of nitrogens with zero attached hydrogens (tertiary/aromatic N) is 2. The number of ether oxygens (including phenoxy) is 1. The Morgan fingerprint density at radius 3 is 2.06 bits per heavy atom. The smallest absolute Gasteiger partial charge is 0.475 e. The van der Waals surface area contributed by atoms with Crippen molar-refractivity contribution in [1.29, 1.82) is 0 Å². The molecule has 49 heavy (non-hydrogen) atoms. The fraction of sp³-hybridized carbons (Fsp3) is 0.484. The Morgan fingerprint density at radius 1 is 0.918 bits per heavy atom. The average Bonchev–Trinajstić information content (AvgIpc) is 3.00. The summed E-state index contributed by atoms with van der Waals surface area (Å²) in [7, 11) is -3.69. The minimum absolute atomic E-state index is 0.0708. The standard InChI is InChI=1S/C29H38Cl2N6O4S.C2HF3O2/c1-29(2,3)41-28(38)33-13-12-32-26-24-6-4-5-7-25(24)36-27(37-26)34-17-19-8-10-20(11-9-19)18-35-42(39,40)23-15-21(30)14-22(31)16-23;3-2(4,5)1(6)7/h4-7,14-16,19-20,35H,8-13,17-18H2,1-3H3,(H,33,38)(H2,32,34,36,37);(H,6,7). The van der Waals surface area contributed by atoms with Crippen molar-refractivity contribution in [3.8, 4) is 0 Å². The Balaban J connectivity index is 0.000000838. The fourth-order valence-electron chi connectivity index (χ4n) is 4.82. The van der Waals surface area contributed by atoms with Crippen LogP contribution in [0, 0.1) is 11.8 Å². The second kappa shape index (κ2) is 17.4. The van der Waals surface area contributed by atoms with E-state index in [2.05, 4.69) is 25.7 Å². The van der Waals surface area contributed by atoms with Gasteiger partial charge in [-0.05, 0) is 88.6 Å². The maximum Gasteiger partial charge on any atom is 0.490 e. The highest BCUT2D eigenvalue weighted by Gasteiger charge is 2.38. The van der Waals surface area contributed by atoms with E-state index < -0.39 is 33.9 Å². The van der Waals surface area contributed by atoms with Crippen LogP contribution in [0.15, 0.2) is 47.4 Å². The number of carbonyl (C=O) groups is 2. The first-order chi connectivity index (χ1) is 22.8. The highest BCUT2D eigenvalue weighted by Crippen LogP contribution is 2.30. The Bertz CT molecular complexity index is 1680. The molecule has 0 saturated heterocycles. The molecule has 1 heterocycles. The summed E-state index contributed by atoms with van der Waals surface area (Å²) < 4.78 is 65.1. The molecule has 3 aromatic rings. The van der Waals surface area contributed by atoms with Crippen LogP contribution >= 0.6 is 23.2 Å². The summed E-state index contributed by atoms with van der Waals surface area (Å²) in [6, 6.07) is 12.1. The minimum atomic E-state index is -5.08.